The van der Waals surface area contributed by atoms with Gasteiger partial charge in [0, 0.05) is 24.8 Å². The predicted octanol–water partition coefficient (Wildman–Crippen LogP) is 2.14. The lowest BCUT2D eigenvalue weighted by molar-refractivity contribution is 0.0811. The Morgan fingerprint density at radius 2 is 2.35 bits per heavy atom. The minimum absolute atomic E-state index is 0.0405. The highest BCUT2D eigenvalue weighted by molar-refractivity contribution is 5.93. The molecule has 1 amide bonds. The molecule has 2 aromatic heterocycles. The molecule has 2 heterocycles. The van der Waals surface area contributed by atoms with Crippen LogP contribution in [-0.2, 0) is 7.05 Å². The number of hydrogen-bond acceptors (Lipinski definition) is 4. The molecule has 1 aliphatic carbocycles. The average Bonchev–Trinajstić information content (AvgIpc) is 3.02. The molecule has 2 aromatic rings. The summed E-state index contributed by atoms with van der Waals surface area (Å²) in [4.78, 5) is 12.2. The van der Waals surface area contributed by atoms with Crippen LogP contribution < -0.4 is 5.32 Å². The number of carbonyl (C=O) groups excluding carboxylic acids is 1. The fourth-order valence-electron chi connectivity index (χ4n) is 2.52. The van der Waals surface area contributed by atoms with Crippen molar-refractivity contribution in [1.29, 1.82) is 0 Å². The Morgan fingerprint density at radius 1 is 1.55 bits per heavy atom. The van der Waals surface area contributed by atoms with Gasteiger partial charge in [0.15, 0.2) is 11.5 Å². The number of carbonyl (C=O) groups is 1. The van der Waals surface area contributed by atoms with Crippen LogP contribution in [0.5, 0.6) is 0 Å². The Morgan fingerprint density at radius 3 is 2.90 bits per heavy atom. The number of amides is 1. The van der Waals surface area contributed by atoms with Gasteiger partial charge in [-0.3, -0.25) is 9.48 Å². The Labute approximate surface area is 117 Å². The van der Waals surface area contributed by atoms with Crippen molar-refractivity contribution < 1.29 is 9.32 Å². The van der Waals surface area contributed by atoms with Crippen LogP contribution in [0.1, 0.15) is 43.1 Å². The average molecular weight is 274 g/mol. The highest BCUT2D eigenvalue weighted by atomic mass is 16.5. The number of nitrogens with one attached hydrogen (secondary N) is 1. The van der Waals surface area contributed by atoms with E-state index in [1.807, 2.05) is 19.3 Å². The van der Waals surface area contributed by atoms with Crippen molar-refractivity contribution in [3.63, 3.8) is 0 Å². The topological polar surface area (TPSA) is 73.0 Å². The van der Waals surface area contributed by atoms with Crippen molar-refractivity contribution in [1.82, 2.24) is 20.3 Å². The maximum atomic E-state index is 12.2. The van der Waals surface area contributed by atoms with Gasteiger partial charge < -0.3 is 9.84 Å². The molecular weight excluding hydrogens is 256 g/mol. The highest BCUT2D eigenvalue weighted by Crippen LogP contribution is 2.34. The molecule has 6 nitrogen and oxygen atoms in total. The van der Waals surface area contributed by atoms with Gasteiger partial charge in [0.25, 0.3) is 5.91 Å². The highest BCUT2D eigenvalue weighted by Gasteiger charge is 2.37. The second-order valence-corrected chi connectivity index (χ2v) is 5.39. The lowest BCUT2D eigenvalue weighted by Gasteiger charge is -2.41. The predicted molar refractivity (Wildman–Crippen MR) is 73.0 cm³/mol. The van der Waals surface area contributed by atoms with Crippen LogP contribution in [-0.4, -0.2) is 26.4 Å². The van der Waals surface area contributed by atoms with Crippen LogP contribution in [0.2, 0.25) is 0 Å². The fraction of sp³-hybridized carbons (Fsp3) is 0.500. The van der Waals surface area contributed by atoms with Crippen LogP contribution in [0.15, 0.2) is 22.9 Å². The van der Waals surface area contributed by atoms with Gasteiger partial charge in [-0.05, 0) is 31.7 Å². The molecule has 0 atom stereocenters. The van der Waals surface area contributed by atoms with Crippen LogP contribution in [0.25, 0.3) is 11.5 Å². The summed E-state index contributed by atoms with van der Waals surface area (Å²) in [6.45, 7) is 2.10. The molecule has 1 saturated carbocycles. The monoisotopic (exact) mass is 274 g/mol. The van der Waals surface area contributed by atoms with E-state index in [2.05, 4.69) is 22.5 Å². The first-order chi connectivity index (χ1) is 9.62. The lowest BCUT2D eigenvalue weighted by Crippen LogP contribution is -2.53. The Bertz CT molecular complexity index is 619. The molecule has 0 radical (unpaired) electrons. The van der Waals surface area contributed by atoms with Crippen LogP contribution in [0, 0.1) is 0 Å². The van der Waals surface area contributed by atoms with Crippen LogP contribution in [0.4, 0.5) is 0 Å². The molecule has 0 aromatic carbocycles. The molecular formula is C14H18N4O2. The molecule has 6 heteroatoms. The Balaban J connectivity index is 1.75. The normalized spacial score (nSPS) is 16.7. The minimum Gasteiger partial charge on any atom is -0.354 e. The minimum atomic E-state index is -0.169. The van der Waals surface area contributed by atoms with Crippen molar-refractivity contribution in [2.75, 3.05) is 0 Å². The molecule has 1 fully saturated rings. The molecule has 20 heavy (non-hydrogen) atoms. The van der Waals surface area contributed by atoms with Gasteiger partial charge >= 0.3 is 0 Å². The summed E-state index contributed by atoms with van der Waals surface area (Å²) < 4.78 is 6.88. The van der Waals surface area contributed by atoms with E-state index in [0.717, 1.165) is 19.3 Å². The molecule has 0 saturated heterocycles. The number of hydrogen-bond donors (Lipinski definition) is 1. The van der Waals surface area contributed by atoms with Crippen molar-refractivity contribution in [2.24, 2.45) is 7.05 Å². The fourth-order valence-corrected chi connectivity index (χ4v) is 2.52. The van der Waals surface area contributed by atoms with Crippen molar-refractivity contribution in [3.8, 4) is 11.5 Å². The van der Waals surface area contributed by atoms with Gasteiger partial charge in [-0.2, -0.15) is 5.10 Å². The van der Waals surface area contributed by atoms with Crippen molar-refractivity contribution in [3.05, 3.63) is 24.0 Å². The lowest BCUT2D eigenvalue weighted by atomic mass is 9.75. The van der Waals surface area contributed by atoms with E-state index in [1.54, 1.807) is 10.7 Å². The summed E-state index contributed by atoms with van der Waals surface area (Å²) >= 11 is 0. The Hall–Kier alpha value is -2.11. The SMILES string of the molecule is CCC1(NC(=O)c2cc(-c3ccn(C)n3)on2)CCC1. The molecule has 1 aliphatic rings. The second-order valence-electron chi connectivity index (χ2n) is 5.39. The largest absolute Gasteiger partial charge is 0.354 e. The maximum Gasteiger partial charge on any atom is 0.273 e. The number of rotatable bonds is 4. The smallest absolute Gasteiger partial charge is 0.273 e. The van der Waals surface area contributed by atoms with E-state index in [4.69, 9.17) is 4.52 Å². The number of aryl methyl sites for hydroxylation is 1. The van der Waals surface area contributed by atoms with Gasteiger partial charge in [0.1, 0.15) is 5.69 Å². The number of nitrogens with zero attached hydrogens (tertiary/aromatic N) is 3. The maximum absolute atomic E-state index is 12.2. The molecule has 0 bridgehead atoms. The third-order valence-electron chi connectivity index (χ3n) is 4.07. The van der Waals surface area contributed by atoms with E-state index in [-0.39, 0.29) is 11.4 Å². The summed E-state index contributed by atoms with van der Waals surface area (Å²) in [5.74, 6) is 0.340. The van der Waals surface area contributed by atoms with Gasteiger partial charge in [-0.15, -0.1) is 0 Å². The number of aromatic nitrogens is 3. The van der Waals surface area contributed by atoms with Crippen LogP contribution in [0.3, 0.4) is 0 Å². The summed E-state index contributed by atoms with van der Waals surface area (Å²) in [6.07, 6.45) is 6.02. The second kappa shape index (κ2) is 4.77. The summed E-state index contributed by atoms with van der Waals surface area (Å²) in [5.41, 5.74) is 0.944. The van der Waals surface area contributed by atoms with Gasteiger partial charge in [-0.25, -0.2) is 0 Å². The quantitative estimate of drug-likeness (QED) is 0.927. The molecule has 0 aliphatic heterocycles. The first kappa shape index (κ1) is 12.9. The molecule has 3 rings (SSSR count). The van der Waals surface area contributed by atoms with E-state index >= 15 is 0 Å². The summed E-state index contributed by atoms with van der Waals surface area (Å²) in [5, 5.41) is 11.1. The molecule has 106 valence electrons. The van der Waals surface area contributed by atoms with Crippen molar-refractivity contribution in [2.45, 2.75) is 38.1 Å². The first-order valence-corrected chi connectivity index (χ1v) is 6.91. The zero-order valence-corrected chi connectivity index (χ0v) is 11.7. The van der Waals surface area contributed by atoms with Gasteiger partial charge in [-0.1, -0.05) is 12.1 Å². The Kier molecular flexibility index (Phi) is 3.08. The molecule has 1 N–H and O–H groups in total. The third kappa shape index (κ3) is 2.21. The van der Waals surface area contributed by atoms with Gasteiger partial charge in [0.05, 0.1) is 0 Å². The van der Waals surface area contributed by atoms with Crippen LogP contribution >= 0.6 is 0 Å². The third-order valence-corrected chi connectivity index (χ3v) is 4.07. The van der Waals surface area contributed by atoms with Crippen molar-refractivity contribution >= 4 is 5.91 Å². The summed E-state index contributed by atoms with van der Waals surface area (Å²) in [7, 11) is 1.83. The first-order valence-electron chi connectivity index (χ1n) is 6.91. The molecule has 0 spiro atoms. The standard InChI is InChI=1S/C14H18N4O2/c1-3-14(6-4-7-14)15-13(19)11-9-12(20-17-11)10-5-8-18(2)16-10/h5,8-9H,3-4,6-7H2,1-2H3,(H,15,19). The van der Waals surface area contributed by atoms with E-state index in [1.165, 1.54) is 6.42 Å². The van der Waals surface area contributed by atoms with E-state index in [9.17, 15) is 4.79 Å². The molecule has 0 unspecified atom stereocenters. The van der Waals surface area contributed by atoms with E-state index < -0.39 is 0 Å². The zero-order chi connectivity index (χ0) is 14.2. The van der Waals surface area contributed by atoms with E-state index in [0.29, 0.717) is 17.1 Å². The summed E-state index contributed by atoms with van der Waals surface area (Å²) in [6, 6.07) is 3.46. The van der Waals surface area contributed by atoms with Gasteiger partial charge in [0.2, 0.25) is 0 Å². The zero-order valence-electron chi connectivity index (χ0n) is 11.7.